The molecule has 1 aliphatic carbocycles. The van der Waals surface area contributed by atoms with Crippen LogP contribution in [0.25, 0.3) is 5.57 Å². The van der Waals surface area contributed by atoms with Crippen molar-refractivity contribution < 1.29 is 42.7 Å². The van der Waals surface area contributed by atoms with E-state index in [1.165, 1.54) is 14.2 Å². The Morgan fingerprint density at radius 2 is 1.78 bits per heavy atom. The Morgan fingerprint density at radius 1 is 1.03 bits per heavy atom. The monoisotopic (exact) mass is 497 g/mol. The van der Waals surface area contributed by atoms with Crippen molar-refractivity contribution in [1.82, 2.24) is 5.32 Å². The average Bonchev–Trinajstić information content (AvgIpc) is 3.48. The first kappa shape index (κ1) is 24.0. The van der Waals surface area contributed by atoms with Gasteiger partial charge in [-0.3, -0.25) is 0 Å². The van der Waals surface area contributed by atoms with Gasteiger partial charge in [-0.15, -0.1) is 0 Å². The van der Waals surface area contributed by atoms with Gasteiger partial charge in [-0.2, -0.15) is 0 Å². The average molecular weight is 498 g/mol. The Labute approximate surface area is 208 Å². The lowest BCUT2D eigenvalue weighted by molar-refractivity contribution is -0.152. The molecule has 2 heterocycles. The van der Waals surface area contributed by atoms with Gasteiger partial charge in [0.2, 0.25) is 12.5 Å². The van der Waals surface area contributed by atoms with Gasteiger partial charge in [0.1, 0.15) is 18.3 Å². The van der Waals surface area contributed by atoms with Crippen LogP contribution < -0.4 is 19.5 Å². The van der Waals surface area contributed by atoms with Crippen molar-refractivity contribution in [3.05, 3.63) is 59.7 Å². The van der Waals surface area contributed by atoms with Gasteiger partial charge in [-0.05, 0) is 55.3 Å². The van der Waals surface area contributed by atoms with Gasteiger partial charge in [-0.1, -0.05) is 18.2 Å². The summed E-state index contributed by atoms with van der Waals surface area (Å²) in [6, 6.07) is 11.5. The van der Waals surface area contributed by atoms with Gasteiger partial charge in [0.25, 0.3) is 0 Å². The van der Waals surface area contributed by atoms with Crippen LogP contribution in [0.3, 0.4) is 0 Å². The molecule has 2 aromatic carbocycles. The topological polar surface area (TPSA) is 111 Å². The van der Waals surface area contributed by atoms with Gasteiger partial charge < -0.3 is 38.5 Å². The van der Waals surface area contributed by atoms with Crippen LogP contribution in [0.4, 0.5) is 4.79 Å². The fourth-order valence-electron chi connectivity index (χ4n) is 4.67. The van der Waals surface area contributed by atoms with E-state index >= 15 is 0 Å². The van der Waals surface area contributed by atoms with Crippen molar-refractivity contribution in [1.29, 1.82) is 0 Å². The van der Waals surface area contributed by atoms with Crippen LogP contribution in [0, 0.1) is 0 Å². The molecule has 3 aliphatic rings. The number of hydrogen-bond donors (Lipinski definition) is 1. The Bertz CT molecular complexity index is 1190. The van der Waals surface area contributed by atoms with Crippen LogP contribution in [-0.2, 0) is 18.9 Å². The zero-order valence-corrected chi connectivity index (χ0v) is 20.3. The van der Waals surface area contributed by atoms with Crippen molar-refractivity contribution in [2.45, 2.75) is 44.0 Å². The molecule has 0 spiro atoms. The highest BCUT2D eigenvalue weighted by Crippen LogP contribution is 2.46. The molecule has 0 bridgehead atoms. The van der Waals surface area contributed by atoms with Gasteiger partial charge in [0.05, 0.1) is 25.8 Å². The summed E-state index contributed by atoms with van der Waals surface area (Å²) >= 11 is 0. The summed E-state index contributed by atoms with van der Waals surface area (Å²) in [7, 11) is 2.81. The Balaban J connectivity index is 1.59. The molecule has 0 radical (unpaired) electrons. The quantitative estimate of drug-likeness (QED) is 0.622. The Hall–Kier alpha value is -3.76. The molecule has 1 N–H and O–H groups in total. The molecular weight excluding hydrogens is 470 g/mol. The highest BCUT2D eigenvalue weighted by Gasteiger charge is 2.53. The molecule has 4 atom stereocenters. The van der Waals surface area contributed by atoms with E-state index in [2.05, 4.69) is 5.32 Å². The molecule has 10 heteroatoms. The number of ether oxygens (including phenoxy) is 7. The molecule has 2 aliphatic heterocycles. The predicted molar refractivity (Wildman–Crippen MR) is 126 cm³/mol. The van der Waals surface area contributed by atoms with Gasteiger partial charge in [0, 0.05) is 0 Å². The second-order valence-electron chi connectivity index (χ2n) is 8.95. The van der Waals surface area contributed by atoms with Crippen LogP contribution in [0.1, 0.15) is 29.8 Å². The number of amides is 1. The van der Waals surface area contributed by atoms with E-state index in [1.54, 1.807) is 56.3 Å². The molecule has 5 rings (SSSR count). The van der Waals surface area contributed by atoms with E-state index in [0.717, 1.165) is 0 Å². The number of fused-ring (bicyclic) bond motifs is 2. The Morgan fingerprint density at radius 3 is 2.50 bits per heavy atom. The lowest BCUT2D eigenvalue weighted by Gasteiger charge is -2.36. The minimum absolute atomic E-state index is 0.0607. The molecule has 2 aromatic rings. The number of carbonyl (C=O) groups is 2. The number of carbonyl (C=O) groups excluding carboxylic acids is 2. The third kappa shape index (κ3) is 4.45. The summed E-state index contributed by atoms with van der Waals surface area (Å²) in [6.45, 7) is 3.59. The van der Waals surface area contributed by atoms with Gasteiger partial charge >= 0.3 is 12.1 Å². The molecule has 1 saturated heterocycles. The van der Waals surface area contributed by atoms with Crippen LogP contribution in [0.2, 0.25) is 0 Å². The maximum Gasteiger partial charge on any atom is 0.407 e. The number of methoxy groups -OCH3 is 2. The maximum atomic E-state index is 13.0. The van der Waals surface area contributed by atoms with Crippen molar-refractivity contribution in [3.8, 4) is 17.2 Å². The fraction of sp³-hybridized carbons (Fsp3) is 0.385. The van der Waals surface area contributed by atoms with Crippen molar-refractivity contribution >= 4 is 17.6 Å². The number of nitrogens with one attached hydrogen (secondary N) is 1. The zero-order chi connectivity index (χ0) is 25.4. The van der Waals surface area contributed by atoms with Gasteiger partial charge in [-0.25, -0.2) is 9.59 Å². The first-order valence-electron chi connectivity index (χ1n) is 11.5. The molecule has 1 fully saturated rings. The Kier molecular flexibility index (Phi) is 6.23. The van der Waals surface area contributed by atoms with Crippen molar-refractivity contribution in [2.75, 3.05) is 21.0 Å². The van der Waals surface area contributed by atoms with Crippen LogP contribution in [0.5, 0.6) is 17.2 Å². The molecule has 10 nitrogen and oxygen atoms in total. The fourth-order valence-corrected chi connectivity index (χ4v) is 4.67. The lowest BCUT2D eigenvalue weighted by Crippen LogP contribution is -2.54. The number of hydrogen-bond acceptors (Lipinski definition) is 9. The highest BCUT2D eigenvalue weighted by molar-refractivity contribution is 5.90. The van der Waals surface area contributed by atoms with Crippen LogP contribution in [0.15, 0.2) is 48.5 Å². The van der Waals surface area contributed by atoms with E-state index in [-0.39, 0.29) is 6.79 Å². The summed E-state index contributed by atoms with van der Waals surface area (Å²) < 4.78 is 39.8. The van der Waals surface area contributed by atoms with E-state index < -0.39 is 42.2 Å². The lowest BCUT2D eigenvalue weighted by atomic mass is 9.83. The van der Waals surface area contributed by atoms with Crippen molar-refractivity contribution in [3.63, 3.8) is 0 Å². The predicted octanol–water partition coefficient (Wildman–Crippen LogP) is 3.29. The normalized spacial score (nSPS) is 25.4. The number of alkyl carbamates (subject to hydrolysis) is 1. The maximum absolute atomic E-state index is 13.0. The van der Waals surface area contributed by atoms with Gasteiger partial charge in [0.15, 0.2) is 17.3 Å². The molecule has 0 aromatic heterocycles. The largest absolute Gasteiger partial charge is 0.493 e. The molecule has 0 unspecified atom stereocenters. The summed E-state index contributed by atoms with van der Waals surface area (Å²) in [6.07, 6.45) is -1.08. The smallest absolute Gasteiger partial charge is 0.407 e. The zero-order valence-electron chi connectivity index (χ0n) is 20.3. The van der Waals surface area contributed by atoms with E-state index in [1.807, 2.05) is 6.07 Å². The molecule has 36 heavy (non-hydrogen) atoms. The van der Waals surface area contributed by atoms with Crippen LogP contribution in [-0.4, -0.2) is 63.2 Å². The number of rotatable bonds is 5. The van der Waals surface area contributed by atoms with Crippen molar-refractivity contribution in [2.24, 2.45) is 0 Å². The molecule has 1 amide bonds. The van der Waals surface area contributed by atoms with E-state index in [4.69, 9.17) is 33.2 Å². The minimum Gasteiger partial charge on any atom is -0.493 e. The summed E-state index contributed by atoms with van der Waals surface area (Å²) in [5.74, 6) is -0.0568. The summed E-state index contributed by atoms with van der Waals surface area (Å²) in [5, 5.41) is 2.85. The third-order valence-corrected chi connectivity index (χ3v) is 6.20. The number of benzene rings is 2. The van der Waals surface area contributed by atoms with E-state index in [0.29, 0.717) is 33.9 Å². The molecule has 0 saturated carbocycles. The standard InChI is InChI=1S/C26H27NO9/c1-26(2)35-22-19(34-24(28)14-8-6-5-7-9-14)12-16(20(23(22)36-26)27-25(29)31-4)15-10-17(30-3)21-18(11-15)32-13-33-21/h5-12,19-20,22-23H,13H2,1-4H3,(H,27,29)/t19-,20+,22+,23-/m0/s1. The third-order valence-electron chi connectivity index (χ3n) is 6.20. The summed E-state index contributed by atoms with van der Waals surface area (Å²) in [5.41, 5.74) is 1.68. The highest BCUT2D eigenvalue weighted by atomic mass is 16.8. The minimum atomic E-state index is -0.987. The van der Waals surface area contributed by atoms with Crippen LogP contribution >= 0.6 is 0 Å². The number of esters is 1. The SMILES string of the molecule is COC(=O)N[C@@H]1C(c2cc(OC)c3c(c2)OCO3)=C[C@H](OC(=O)c2ccccc2)[C@H]2OC(C)(C)O[C@H]21. The molecular formula is C26H27NO9. The second kappa shape index (κ2) is 9.36. The molecule has 190 valence electrons. The first-order valence-corrected chi connectivity index (χ1v) is 11.5. The second-order valence-corrected chi connectivity index (χ2v) is 8.95. The first-order chi connectivity index (χ1) is 17.3. The summed E-state index contributed by atoms with van der Waals surface area (Å²) in [4.78, 5) is 25.3. The van der Waals surface area contributed by atoms with E-state index in [9.17, 15) is 9.59 Å².